The zero-order chi connectivity index (χ0) is 22.7. The lowest BCUT2D eigenvalue weighted by Gasteiger charge is -2.08. The van der Waals surface area contributed by atoms with E-state index in [2.05, 4.69) is 10.6 Å². The van der Waals surface area contributed by atoms with Gasteiger partial charge in [-0.2, -0.15) is 0 Å². The molecule has 0 saturated carbocycles. The molecule has 0 fully saturated rings. The Balaban J connectivity index is 1.46. The third-order valence-corrected chi connectivity index (χ3v) is 6.08. The van der Waals surface area contributed by atoms with Gasteiger partial charge in [-0.1, -0.05) is 13.0 Å². The summed E-state index contributed by atoms with van der Waals surface area (Å²) in [5.74, 6) is -0.482. The second kappa shape index (κ2) is 9.11. The van der Waals surface area contributed by atoms with Gasteiger partial charge < -0.3 is 25.2 Å². The van der Waals surface area contributed by atoms with Gasteiger partial charge in [0.1, 0.15) is 5.00 Å². The fourth-order valence-electron chi connectivity index (χ4n) is 3.15. The number of fused-ring (bicyclic) bond motifs is 1. The van der Waals surface area contributed by atoms with E-state index in [1.54, 1.807) is 12.1 Å². The number of aromatic carboxylic acids is 1. The monoisotopic (exact) mass is 452 g/mol. The molecule has 3 aromatic rings. The predicted octanol–water partition coefficient (Wildman–Crippen LogP) is 3.92. The second-order valence-electron chi connectivity index (χ2n) is 7.02. The topological polar surface area (TPSA) is 114 Å². The molecular weight excluding hydrogens is 432 g/mol. The summed E-state index contributed by atoms with van der Waals surface area (Å²) in [5.41, 5.74) is 1.63. The van der Waals surface area contributed by atoms with E-state index in [4.69, 9.17) is 14.6 Å². The number of carbonyl (C=O) groups excluding carboxylic acids is 2. The highest BCUT2D eigenvalue weighted by atomic mass is 32.1. The van der Waals surface area contributed by atoms with Gasteiger partial charge in [-0.15, -0.1) is 11.3 Å². The number of carboxylic acid groups (broad SMARTS) is 1. The standard InChI is InChI=1S/C23H20N2O6S/c1-2-16-10-17(21(27)24-11-13-3-8-18-19(9-13)31-12-30-18)22(32-16)25-20(26)14-4-6-15(7-5-14)23(28)29/h3-10H,2,11-12H2,1H3,(H,24,27)(H,25,26)(H,28,29). The first-order chi connectivity index (χ1) is 15.4. The molecule has 9 heteroatoms. The molecule has 4 rings (SSSR count). The summed E-state index contributed by atoms with van der Waals surface area (Å²) in [6.45, 7) is 2.44. The van der Waals surface area contributed by atoms with E-state index >= 15 is 0 Å². The highest BCUT2D eigenvalue weighted by Crippen LogP contribution is 2.33. The van der Waals surface area contributed by atoms with Gasteiger partial charge in [0.15, 0.2) is 11.5 Å². The first-order valence-corrected chi connectivity index (χ1v) is 10.7. The Morgan fingerprint density at radius 3 is 2.41 bits per heavy atom. The van der Waals surface area contributed by atoms with Gasteiger partial charge >= 0.3 is 5.97 Å². The van der Waals surface area contributed by atoms with Crippen LogP contribution in [-0.4, -0.2) is 29.7 Å². The molecule has 0 radical (unpaired) electrons. The molecule has 0 saturated heterocycles. The van der Waals surface area contributed by atoms with Crippen LogP contribution in [0.1, 0.15) is 48.4 Å². The lowest BCUT2D eigenvalue weighted by molar-refractivity contribution is 0.0696. The Hall–Kier alpha value is -3.85. The summed E-state index contributed by atoms with van der Waals surface area (Å²) < 4.78 is 10.7. The molecule has 164 valence electrons. The lowest BCUT2D eigenvalue weighted by Crippen LogP contribution is -2.24. The summed E-state index contributed by atoms with van der Waals surface area (Å²) in [5, 5.41) is 15.1. The summed E-state index contributed by atoms with van der Waals surface area (Å²) >= 11 is 1.33. The molecule has 1 aliphatic rings. The van der Waals surface area contributed by atoms with Crippen molar-refractivity contribution in [3.8, 4) is 11.5 Å². The van der Waals surface area contributed by atoms with Crippen LogP contribution in [0.4, 0.5) is 5.00 Å². The van der Waals surface area contributed by atoms with Gasteiger partial charge in [-0.3, -0.25) is 9.59 Å². The maximum absolute atomic E-state index is 12.9. The Morgan fingerprint density at radius 2 is 1.69 bits per heavy atom. The Kier molecular flexibility index (Phi) is 6.09. The van der Waals surface area contributed by atoms with Crippen molar-refractivity contribution < 1.29 is 29.0 Å². The molecular formula is C23H20N2O6S. The van der Waals surface area contributed by atoms with Crippen LogP contribution < -0.4 is 20.1 Å². The molecule has 0 atom stereocenters. The highest BCUT2D eigenvalue weighted by Gasteiger charge is 2.19. The van der Waals surface area contributed by atoms with Crippen LogP contribution in [0.2, 0.25) is 0 Å². The van der Waals surface area contributed by atoms with Crippen LogP contribution in [0.15, 0.2) is 48.5 Å². The van der Waals surface area contributed by atoms with Gasteiger partial charge in [0.2, 0.25) is 6.79 Å². The quantitative estimate of drug-likeness (QED) is 0.501. The normalized spacial score (nSPS) is 11.8. The molecule has 2 amide bonds. The molecule has 2 aromatic carbocycles. The Morgan fingerprint density at radius 1 is 0.969 bits per heavy atom. The Labute approximate surface area is 187 Å². The van der Waals surface area contributed by atoms with Crippen LogP contribution in [0.3, 0.4) is 0 Å². The van der Waals surface area contributed by atoms with E-state index in [-0.39, 0.29) is 24.8 Å². The maximum atomic E-state index is 12.9. The number of nitrogens with one attached hydrogen (secondary N) is 2. The number of hydrogen-bond donors (Lipinski definition) is 3. The number of hydrogen-bond acceptors (Lipinski definition) is 6. The lowest BCUT2D eigenvalue weighted by atomic mass is 10.1. The van der Waals surface area contributed by atoms with E-state index in [0.717, 1.165) is 16.9 Å². The van der Waals surface area contributed by atoms with Gasteiger partial charge in [-0.25, -0.2) is 4.79 Å². The van der Waals surface area contributed by atoms with Gasteiger partial charge in [-0.05, 0) is 54.4 Å². The summed E-state index contributed by atoms with van der Waals surface area (Å²) in [4.78, 5) is 37.5. The van der Waals surface area contributed by atoms with Crippen LogP contribution in [-0.2, 0) is 13.0 Å². The smallest absolute Gasteiger partial charge is 0.335 e. The van der Waals surface area contributed by atoms with E-state index < -0.39 is 11.9 Å². The molecule has 3 N–H and O–H groups in total. The van der Waals surface area contributed by atoms with Crippen molar-refractivity contribution >= 4 is 34.1 Å². The number of carbonyl (C=O) groups is 3. The zero-order valence-electron chi connectivity index (χ0n) is 17.1. The highest BCUT2D eigenvalue weighted by molar-refractivity contribution is 7.16. The summed E-state index contributed by atoms with van der Waals surface area (Å²) in [7, 11) is 0. The third-order valence-electron chi connectivity index (χ3n) is 4.89. The molecule has 0 unspecified atom stereocenters. The SMILES string of the molecule is CCc1cc(C(=O)NCc2ccc3c(c2)OCO3)c(NC(=O)c2ccc(C(=O)O)cc2)s1. The maximum Gasteiger partial charge on any atom is 0.335 e. The minimum atomic E-state index is -1.07. The number of rotatable bonds is 7. The van der Waals surface area contributed by atoms with Crippen molar-refractivity contribution in [2.45, 2.75) is 19.9 Å². The molecule has 0 bridgehead atoms. The van der Waals surface area contributed by atoms with Crippen LogP contribution in [0.5, 0.6) is 11.5 Å². The fourth-order valence-corrected chi connectivity index (χ4v) is 4.13. The number of ether oxygens (including phenoxy) is 2. The molecule has 0 spiro atoms. The molecule has 1 aromatic heterocycles. The minimum absolute atomic E-state index is 0.0922. The number of thiophene rings is 1. The summed E-state index contributed by atoms with van der Waals surface area (Å²) in [6.07, 6.45) is 0.719. The van der Waals surface area contributed by atoms with Gasteiger partial charge in [0.25, 0.3) is 11.8 Å². The summed E-state index contributed by atoms with van der Waals surface area (Å²) in [6, 6.07) is 12.8. The zero-order valence-corrected chi connectivity index (χ0v) is 18.0. The largest absolute Gasteiger partial charge is 0.478 e. The molecule has 2 heterocycles. The van der Waals surface area contributed by atoms with Crippen molar-refractivity contribution in [2.24, 2.45) is 0 Å². The van der Waals surface area contributed by atoms with Crippen molar-refractivity contribution in [1.29, 1.82) is 0 Å². The van der Waals surface area contributed by atoms with Crippen LogP contribution in [0, 0.1) is 0 Å². The number of carboxylic acids is 1. The molecule has 8 nitrogen and oxygen atoms in total. The van der Waals surface area contributed by atoms with Crippen molar-refractivity contribution in [3.05, 3.63) is 75.7 Å². The average Bonchev–Trinajstić information content (AvgIpc) is 3.43. The van der Waals surface area contributed by atoms with Gasteiger partial charge in [0, 0.05) is 17.0 Å². The first kappa shape index (κ1) is 21.4. The van der Waals surface area contributed by atoms with Crippen molar-refractivity contribution in [3.63, 3.8) is 0 Å². The third kappa shape index (κ3) is 4.57. The van der Waals surface area contributed by atoms with Crippen molar-refractivity contribution in [1.82, 2.24) is 5.32 Å². The van der Waals surface area contributed by atoms with E-state index in [1.165, 1.54) is 35.6 Å². The number of benzene rings is 2. The van der Waals surface area contributed by atoms with E-state index in [1.807, 2.05) is 19.1 Å². The second-order valence-corrected chi connectivity index (χ2v) is 8.15. The first-order valence-electron chi connectivity index (χ1n) is 9.88. The van der Waals surface area contributed by atoms with Crippen LogP contribution >= 0.6 is 11.3 Å². The number of aryl methyl sites for hydroxylation is 1. The fraction of sp³-hybridized carbons (Fsp3) is 0.174. The Bertz CT molecular complexity index is 1190. The average molecular weight is 452 g/mol. The number of amides is 2. The van der Waals surface area contributed by atoms with Crippen molar-refractivity contribution in [2.75, 3.05) is 12.1 Å². The molecule has 1 aliphatic heterocycles. The van der Waals surface area contributed by atoms with E-state index in [9.17, 15) is 14.4 Å². The molecule has 32 heavy (non-hydrogen) atoms. The number of anilines is 1. The van der Waals surface area contributed by atoms with Crippen LogP contribution in [0.25, 0.3) is 0 Å². The minimum Gasteiger partial charge on any atom is -0.478 e. The predicted molar refractivity (Wildman–Crippen MR) is 119 cm³/mol. The van der Waals surface area contributed by atoms with E-state index in [0.29, 0.717) is 27.6 Å². The molecule has 0 aliphatic carbocycles. The van der Waals surface area contributed by atoms with Gasteiger partial charge in [0.05, 0.1) is 11.1 Å².